The number of rotatable bonds is 0. The molecule has 0 spiro atoms. The Labute approximate surface area is 75.1 Å². The van der Waals surface area contributed by atoms with E-state index < -0.39 is 0 Å². The van der Waals surface area contributed by atoms with Gasteiger partial charge in [0.15, 0.2) is 0 Å². The molecule has 2 nitrogen and oxygen atoms in total. The summed E-state index contributed by atoms with van der Waals surface area (Å²) in [5, 5.41) is 0. The second-order valence-corrected chi connectivity index (χ2v) is 4.46. The van der Waals surface area contributed by atoms with E-state index in [1.54, 1.807) is 0 Å². The van der Waals surface area contributed by atoms with Crippen molar-refractivity contribution in [3.63, 3.8) is 0 Å². The maximum Gasteiger partial charge on any atom is 0.0113 e. The molecule has 2 aliphatic rings. The lowest BCUT2D eigenvalue weighted by Crippen LogP contribution is -2.52. The second kappa shape index (κ2) is 3.35. The summed E-state index contributed by atoms with van der Waals surface area (Å²) < 4.78 is 0. The van der Waals surface area contributed by atoms with E-state index in [0.29, 0.717) is 6.04 Å². The second-order valence-electron chi connectivity index (χ2n) is 4.46. The summed E-state index contributed by atoms with van der Waals surface area (Å²) >= 11 is 0. The minimum atomic E-state index is 0.483. The van der Waals surface area contributed by atoms with Crippen LogP contribution in [0.5, 0.6) is 0 Å². The lowest BCUT2D eigenvalue weighted by Gasteiger charge is -2.45. The van der Waals surface area contributed by atoms with Crippen LogP contribution in [0.3, 0.4) is 0 Å². The number of hydrogen-bond acceptors (Lipinski definition) is 2. The molecule has 0 radical (unpaired) electrons. The first-order valence-corrected chi connectivity index (χ1v) is 5.28. The van der Waals surface area contributed by atoms with Crippen molar-refractivity contribution in [1.82, 2.24) is 4.90 Å². The van der Waals surface area contributed by atoms with Gasteiger partial charge in [-0.15, -0.1) is 0 Å². The van der Waals surface area contributed by atoms with Crippen molar-refractivity contribution < 1.29 is 0 Å². The molecule has 0 saturated carbocycles. The van der Waals surface area contributed by atoms with E-state index in [9.17, 15) is 0 Å². The van der Waals surface area contributed by atoms with Crippen LogP contribution in [0.15, 0.2) is 0 Å². The van der Waals surface area contributed by atoms with Crippen LogP contribution < -0.4 is 5.73 Å². The highest BCUT2D eigenvalue weighted by Crippen LogP contribution is 2.29. The molecule has 0 aromatic rings. The molecule has 1 unspecified atom stereocenters. The van der Waals surface area contributed by atoms with Crippen molar-refractivity contribution in [2.24, 2.45) is 5.73 Å². The van der Waals surface area contributed by atoms with Gasteiger partial charge in [-0.1, -0.05) is 6.42 Å². The predicted molar refractivity (Wildman–Crippen MR) is 51.0 cm³/mol. The smallest absolute Gasteiger partial charge is 0.0113 e. The van der Waals surface area contributed by atoms with Crippen molar-refractivity contribution in [3.8, 4) is 0 Å². The summed E-state index contributed by atoms with van der Waals surface area (Å²) in [6.07, 6.45) is 6.64. The van der Waals surface area contributed by atoms with Crippen LogP contribution in [-0.4, -0.2) is 29.6 Å². The predicted octanol–water partition coefficient (Wildman–Crippen LogP) is 1.35. The van der Waals surface area contributed by atoms with Gasteiger partial charge in [-0.05, 0) is 32.6 Å². The van der Waals surface area contributed by atoms with E-state index >= 15 is 0 Å². The van der Waals surface area contributed by atoms with Crippen LogP contribution in [-0.2, 0) is 0 Å². The first-order valence-electron chi connectivity index (χ1n) is 5.28. The molecule has 2 fully saturated rings. The largest absolute Gasteiger partial charge is 0.328 e. The third-order valence-corrected chi connectivity index (χ3v) is 3.53. The quantitative estimate of drug-likeness (QED) is 0.591. The highest BCUT2D eigenvalue weighted by atomic mass is 15.2. The molecule has 2 aliphatic heterocycles. The molecule has 2 rings (SSSR count). The van der Waals surface area contributed by atoms with Crippen molar-refractivity contribution in [1.29, 1.82) is 0 Å². The fraction of sp³-hybridized carbons (Fsp3) is 1.00. The zero-order valence-electron chi connectivity index (χ0n) is 8.00. The van der Waals surface area contributed by atoms with Crippen LogP contribution in [0.25, 0.3) is 0 Å². The Hall–Kier alpha value is -0.0800. The van der Waals surface area contributed by atoms with Crippen LogP contribution in [0.2, 0.25) is 0 Å². The SMILES string of the molecule is C[C@@H]1CCC[C@@H]2CC(N)CCN21. The molecule has 2 heterocycles. The van der Waals surface area contributed by atoms with Gasteiger partial charge in [0.05, 0.1) is 0 Å². The molecular weight excluding hydrogens is 148 g/mol. The standard InChI is InChI=1S/C10H20N2/c1-8-3-2-4-10-7-9(11)5-6-12(8)10/h8-10H,2-7,11H2,1H3/t8-,9?,10-/m1/s1. The zero-order valence-corrected chi connectivity index (χ0v) is 8.00. The summed E-state index contributed by atoms with van der Waals surface area (Å²) in [5.74, 6) is 0. The normalized spacial score (nSPS) is 44.0. The molecular formula is C10H20N2. The van der Waals surface area contributed by atoms with Gasteiger partial charge >= 0.3 is 0 Å². The Morgan fingerprint density at radius 1 is 1.25 bits per heavy atom. The topological polar surface area (TPSA) is 29.3 Å². The van der Waals surface area contributed by atoms with Gasteiger partial charge in [-0.3, -0.25) is 4.90 Å². The molecule has 0 aromatic carbocycles. The number of nitrogens with zero attached hydrogens (tertiary/aromatic N) is 1. The summed E-state index contributed by atoms with van der Waals surface area (Å²) in [5.41, 5.74) is 5.96. The Balaban J connectivity index is 1.99. The molecule has 0 aromatic heterocycles. The van der Waals surface area contributed by atoms with Gasteiger partial charge < -0.3 is 5.73 Å². The fourth-order valence-electron chi connectivity index (χ4n) is 2.78. The van der Waals surface area contributed by atoms with Gasteiger partial charge in [-0.2, -0.15) is 0 Å². The van der Waals surface area contributed by atoms with Gasteiger partial charge in [0.1, 0.15) is 0 Å². The average Bonchev–Trinajstić information content (AvgIpc) is 2.04. The van der Waals surface area contributed by atoms with Gasteiger partial charge in [-0.25, -0.2) is 0 Å². The van der Waals surface area contributed by atoms with Crippen LogP contribution in [0.4, 0.5) is 0 Å². The van der Waals surface area contributed by atoms with Crippen molar-refractivity contribution in [2.75, 3.05) is 6.54 Å². The van der Waals surface area contributed by atoms with Crippen molar-refractivity contribution >= 4 is 0 Å². The zero-order chi connectivity index (χ0) is 8.55. The van der Waals surface area contributed by atoms with Crippen molar-refractivity contribution in [2.45, 2.75) is 57.2 Å². The molecule has 70 valence electrons. The Morgan fingerprint density at radius 2 is 2.08 bits per heavy atom. The van der Waals surface area contributed by atoms with Gasteiger partial charge in [0.25, 0.3) is 0 Å². The number of nitrogens with two attached hydrogens (primary N) is 1. The monoisotopic (exact) mass is 168 g/mol. The summed E-state index contributed by atoms with van der Waals surface area (Å²) in [6.45, 7) is 3.61. The van der Waals surface area contributed by atoms with Gasteiger partial charge in [0.2, 0.25) is 0 Å². The maximum absolute atomic E-state index is 5.96. The average molecular weight is 168 g/mol. The van der Waals surface area contributed by atoms with E-state index in [-0.39, 0.29) is 0 Å². The molecule has 3 atom stereocenters. The Bertz CT molecular complexity index is 158. The molecule has 0 bridgehead atoms. The van der Waals surface area contributed by atoms with Crippen LogP contribution >= 0.6 is 0 Å². The third kappa shape index (κ3) is 1.50. The van der Waals surface area contributed by atoms with E-state index in [2.05, 4.69) is 11.8 Å². The van der Waals surface area contributed by atoms with Gasteiger partial charge in [0, 0.05) is 24.7 Å². The fourth-order valence-corrected chi connectivity index (χ4v) is 2.78. The lowest BCUT2D eigenvalue weighted by atomic mass is 9.87. The molecule has 0 aliphatic carbocycles. The number of piperidine rings is 2. The summed E-state index contributed by atoms with van der Waals surface area (Å²) in [4.78, 5) is 2.67. The number of fused-ring (bicyclic) bond motifs is 1. The lowest BCUT2D eigenvalue weighted by molar-refractivity contribution is 0.0538. The molecule has 12 heavy (non-hydrogen) atoms. The van der Waals surface area contributed by atoms with Crippen LogP contribution in [0.1, 0.15) is 39.0 Å². The molecule has 2 saturated heterocycles. The molecule has 2 N–H and O–H groups in total. The minimum Gasteiger partial charge on any atom is -0.328 e. The van der Waals surface area contributed by atoms with E-state index in [1.807, 2.05) is 0 Å². The third-order valence-electron chi connectivity index (χ3n) is 3.53. The highest BCUT2D eigenvalue weighted by molar-refractivity contribution is 4.89. The van der Waals surface area contributed by atoms with Crippen molar-refractivity contribution in [3.05, 3.63) is 0 Å². The van der Waals surface area contributed by atoms with E-state index in [4.69, 9.17) is 5.73 Å². The first-order chi connectivity index (χ1) is 5.77. The Morgan fingerprint density at radius 3 is 2.92 bits per heavy atom. The maximum atomic E-state index is 5.96. The summed E-state index contributed by atoms with van der Waals surface area (Å²) in [7, 11) is 0. The first kappa shape index (κ1) is 8.52. The van der Waals surface area contributed by atoms with E-state index in [0.717, 1.165) is 12.1 Å². The highest BCUT2D eigenvalue weighted by Gasteiger charge is 2.32. The number of hydrogen-bond donors (Lipinski definition) is 1. The van der Waals surface area contributed by atoms with Crippen LogP contribution in [0, 0.1) is 0 Å². The summed E-state index contributed by atoms with van der Waals surface area (Å²) in [6, 6.07) is 2.12. The minimum absolute atomic E-state index is 0.483. The molecule has 0 amide bonds. The Kier molecular flexibility index (Phi) is 2.37. The van der Waals surface area contributed by atoms with E-state index in [1.165, 1.54) is 38.6 Å². The molecule has 2 heteroatoms.